The van der Waals surface area contributed by atoms with E-state index in [1.807, 2.05) is 6.92 Å². The molecule has 14 heavy (non-hydrogen) atoms. The molecule has 3 nitrogen and oxygen atoms in total. The van der Waals surface area contributed by atoms with Gasteiger partial charge in [-0.15, -0.1) is 0 Å². The Morgan fingerprint density at radius 2 is 2.43 bits per heavy atom. The van der Waals surface area contributed by atoms with Gasteiger partial charge in [0.25, 0.3) is 0 Å². The van der Waals surface area contributed by atoms with Crippen molar-refractivity contribution in [2.45, 2.75) is 12.2 Å². The summed E-state index contributed by atoms with van der Waals surface area (Å²) in [7, 11) is -0.812. The van der Waals surface area contributed by atoms with E-state index in [1.165, 1.54) is 0 Å². The molecule has 78 valence electrons. The number of pyridine rings is 1. The Balaban J connectivity index is 2.54. The second kappa shape index (κ2) is 5.32. The van der Waals surface area contributed by atoms with E-state index in [2.05, 4.69) is 10.3 Å². The van der Waals surface area contributed by atoms with E-state index >= 15 is 0 Å². The molecule has 1 rings (SSSR count). The van der Waals surface area contributed by atoms with Crippen molar-refractivity contribution in [3.63, 3.8) is 0 Å². The minimum Gasteiger partial charge on any atom is -0.383 e. The number of aromatic nitrogens is 1. The number of nitrogens with zero attached hydrogens (tertiary/aromatic N) is 1. The first-order valence-electron chi connectivity index (χ1n) is 4.27. The first kappa shape index (κ1) is 11.5. The van der Waals surface area contributed by atoms with Crippen LogP contribution in [0, 0.1) is 0 Å². The van der Waals surface area contributed by atoms with Gasteiger partial charge in [-0.3, -0.25) is 9.19 Å². The summed E-state index contributed by atoms with van der Waals surface area (Å²) in [6, 6.07) is 1.80. The van der Waals surface area contributed by atoms with Crippen LogP contribution in [0.5, 0.6) is 0 Å². The molecule has 5 heteroatoms. The highest BCUT2D eigenvalue weighted by molar-refractivity contribution is 7.84. The lowest BCUT2D eigenvalue weighted by Crippen LogP contribution is -2.20. The van der Waals surface area contributed by atoms with Gasteiger partial charge in [-0.25, -0.2) is 0 Å². The highest BCUT2D eigenvalue weighted by Crippen LogP contribution is 2.18. The van der Waals surface area contributed by atoms with Gasteiger partial charge in [0.05, 0.1) is 10.7 Å². The Morgan fingerprint density at radius 3 is 3.00 bits per heavy atom. The van der Waals surface area contributed by atoms with Gasteiger partial charge in [-0.05, 0) is 13.0 Å². The maximum atomic E-state index is 11.1. The fourth-order valence-electron chi connectivity index (χ4n) is 0.890. The van der Waals surface area contributed by atoms with Crippen molar-refractivity contribution in [3.05, 3.63) is 23.5 Å². The lowest BCUT2D eigenvalue weighted by molar-refractivity contribution is 0.679. The van der Waals surface area contributed by atoms with Crippen LogP contribution in [-0.2, 0) is 10.8 Å². The third-order valence-corrected chi connectivity index (χ3v) is 3.52. The van der Waals surface area contributed by atoms with Crippen molar-refractivity contribution in [1.82, 2.24) is 4.98 Å². The Morgan fingerprint density at radius 1 is 1.71 bits per heavy atom. The van der Waals surface area contributed by atoms with E-state index in [-0.39, 0.29) is 5.25 Å². The highest BCUT2D eigenvalue weighted by Gasteiger charge is 2.06. The lowest BCUT2D eigenvalue weighted by Gasteiger charge is -2.11. The van der Waals surface area contributed by atoms with Crippen LogP contribution in [0.2, 0.25) is 5.02 Å². The third kappa shape index (κ3) is 3.27. The molecule has 1 N–H and O–H groups in total. The first-order chi connectivity index (χ1) is 6.61. The van der Waals surface area contributed by atoms with Gasteiger partial charge in [0.1, 0.15) is 0 Å². The smallest absolute Gasteiger partial charge is 0.0820 e. The van der Waals surface area contributed by atoms with Crippen molar-refractivity contribution in [2.75, 3.05) is 18.1 Å². The SMILES string of the molecule is CC(CNc1ccncc1Cl)S(C)=O. The van der Waals surface area contributed by atoms with Gasteiger partial charge in [-0.2, -0.15) is 0 Å². The molecule has 1 aromatic heterocycles. The number of halogens is 1. The molecule has 0 aliphatic carbocycles. The number of anilines is 1. The van der Waals surface area contributed by atoms with E-state index in [1.54, 1.807) is 24.7 Å². The minimum absolute atomic E-state index is 0.110. The molecule has 0 spiro atoms. The van der Waals surface area contributed by atoms with Crippen molar-refractivity contribution in [2.24, 2.45) is 0 Å². The quantitative estimate of drug-likeness (QED) is 0.863. The van der Waals surface area contributed by atoms with Crippen LogP contribution in [0.1, 0.15) is 6.92 Å². The summed E-state index contributed by atoms with van der Waals surface area (Å²) in [6.07, 6.45) is 4.94. The molecule has 2 unspecified atom stereocenters. The van der Waals surface area contributed by atoms with Crippen LogP contribution >= 0.6 is 11.6 Å². The predicted octanol–water partition coefficient (Wildman–Crippen LogP) is 1.91. The maximum absolute atomic E-state index is 11.1. The zero-order valence-corrected chi connectivity index (χ0v) is 9.73. The van der Waals surface area contributed by atoms with Gasteiger partial charge < -0.3 is 5.32 Å². The summed E-state index contributed by atoms with van der Waals surface area (Å²) in [6.45, 7) is 2.57. The molecular weight excluding hydrogens is 220 g/mol. The zero-order chi connectivity index (χ0) is 10.6. The molecule has 0 aliphatic heterocycles. The summed E-state index contributed by atoms with van der Waals surface area (Å²) in [5.74, 6) is 0. The Bertz CT molecular complexity index is 332. The van der Waals surface area contributed by atoms with E-state index in [0.29, 0.717) is 11.6 Å². The number of hydrogen-bond donors (Lipinski definition) is 1. The molecule has 0 saturated heterocycles. The summed E-state index contributed by atoms with van der Waals surface area (Å²) in [5.41, 5.74) is 0.832. The zero-order valence-electron chi connectivity index (χ0n) is 8.16. The van der Waals surface area contributed by atoms with Crippen LogP contribution in [0.4, 0.5) is 5.69 Å². The van der Waals surface area contributed by atoms with Crippen molar-refractivity contribution >= 4 is 28.1 Å². The molecule has 0 bridgehead atoms. The summed E-state index contributed by atoms with van der Waals surface area (Å²) in [4.78, 5) is 3.88. The normalized spacial score (nSPS) is 14.8. The molecular formula is C9H13ClN2OS. The first-order valence-corrected chi connectivity index (χ1v) is 6.27. The van der Waals surface area contributed by atoms with E-state index in [9.17, 15) is 4.21 Å². The average Bonchev–Trinajstić information content (AvgIpc) is 2.16. The third-order valence-electron chi connectivity index (χ3n) is 1.92. The monoisotopic (exact) mass is 232 g/mol. The van der Waals surface area contributed by atoms with Crippen molar-refractivity contribution in [1.29, 1.82) is 0 Å². The van der Waals surface area contributed by atoms with Crippen LogP contribution in [-0.4, -0.2) is 27.2 Å². The van der Waals surface area contributed by atoms with Crippen LogP contribution in [0.15, 0.2) is 18.5 Å². The summed E-state index contributed by atoms with van der Waals surface area (Å²) >= 11 is 5.89. The Labute approximate surface area is 91.3 Å². The second-order valence-electron chi connectivity index (χ2n) is 3.05. The fourth-order valence-corrected chi connectivity index (χ4v) is 1.39. The highest BCUT2D eigenvalue weighted by atomic mass is 35.5. The number of rotatable bonds is 4. The van der Waals surface area contributed by atoms with Gasteiger partial charge in [-0.1, -0.05) is 11.6 Å². The molecule has 0 saturated carbocycles. The predicted molar refractivity (Wildman–Crippen MR) is 61.3 cm³/mol. The van der Waals surface area contributed by atoms with Crippen LogP contribution in [0.3, 0.4) is 0 Å². The Hall–Kier alpha value is -0.610. The Kier molecular flexibility index (Phi) is 4.35. The lowest BCUT2D eigenvalue weighted by atomic mass is 10.4. The van der Waals surface area contributed by atoms with Crippen LogP contribution < -0.4 is 5.32 Å². The molecule has 2 atom stereocenters. The molecule has 0 aromatic carbocycles. The van der Waals surface area contributed by atoms with Crippen molar-refractivity contribution < 1.29 is 4.21 Å². The molecule has 0 aliphatic rings. The molecule has 0 fully saturated rings. The van der Waals surface area contributed by atoms with Gasteiger partial charge in [0.15, 0.2) is 0 Å². The summed E-state index contributed by atoms with van der Waals surface area (Å²) < 4.78 is 11.1. The molecule has 1 heterocycles. The van der Waals surface area contributed by atoms with E-state index in [4.69, 9.17) is 11.6 Å². The fraction of sp³-hybridized carbons (Fsp3) is 0.444. The number of nitrogens with one attached hydrogen (secondary N) is 1. The van der Waals surface area contributed by atoms with Crippen LogP contribution in [0.25, 0.3) is 0 Å². The second-order valence-corrected chi connectivity index (χ2v) is 5.25. The standard InChI is InChI=1S/C9H13ClN2OS/c1-7(14(2)13)5-12-9-3-4-11-6-8(9)10/h3-4,6-7H,5H2,1-2H3,(H,11,12). The maximum Gasteiger partial charge on any atom is 0.0820 e. The largest absolute Gasteiger partial charge is 0.383 e. The van der Waals surface area contributed by atoms with Gasteiger partial charge in [0, 0.05) is 41.2 Å². The molecule has 0 amide bonds. The van der Waals surface area contributed by atoms with Gasteiger partial charge >= 0.3 is 0 Å². The summed E-state index contributed by atoms with van der Waals surface area (Å²) in [5, 5.41) is 3.82. The van der Waals surface area contributed by atoms with Gasteiger partial charge in [0.2, 0.25) is 0 Å². The minimum atomic E-state index is -0.812. The topological polar surface area (TPSA) is 42.0 Å². The van der Waals surface area contributed by atoms with Crippen molar-refractivity contribution in [3.8, 4) is 0 Å². The number of hydrogen-bond acceptors (Lipinski definition) is 3. The van der Waals surface area contributed by atoms with E-state index in [0.717, 1.165) is 5.69 Å². The molecule has 1 aromatic rings. The van der Waals surface area contributed by atoms with E-state index < -0.39 is 10.8 Å². The average molecular weight is 233 g/mol. The molecule has 0 radical (unpaired) electrons.